The predicted molar refractivity (Wildman–Crippen MR) is 228 cm³/mol. The van der Waals surface area contributed by atoms with Crippen molar-refractivity contribution in [1.29, 1.82) is 0 Å². The molecule has 0 amide bonds. The summed E-state index contributed by atoms with van der Waals surface area (Å²) < 4.78 is 2.78. The highest BCUT2D eigenvalue weighted by molar-refractivity contribution is 6.90. The Morgan fingerprint density at radius 1 is 0.473 bits per heavy atom. The van der Waals surface area contributed by atoms with E-state index in [1.165, 1.54) is 117 Å². The molecule has 0 atom stereocenters. The molecule has 8 aromatic carbocycles. The molecule has 254 valence electrons. The first kappa shape index (κ1) is 28.9. The SMILES string of the molecule is CC1(C)c2ccccc2-c2c1c1cccc3c1n2B1c2cccc4c2N(c2ccccc2C42c4ccccc4-c4ccccc42)c2c1c-3cc1ccccc21. The number of aromatic nitrogens is 1. The Balaban J connectivity index is 1.22. The summed E-state index contributed by atoms with van der Waals surface area (Å²) in [5, 5.41) is 3.95. The van der Waals surface area contributed by atoms with Crippen LogP contribution >= 0.6 is 0 Å². The van der Waals surface area contributed by atoms with Gasteiger partial charge < -0.3 is 9.38 Å². The summed E-state index contributed by atoms with van der Waals surface area (Å²) >= 11 is 0. The fourth-order valence-corrected chi connectivity index (χ4v) is 12.2. The maximum atomic E-state index is 2.78. The van der Waals surface area contributed by atoms with Crippen LogP contribution in [0.15, 0.2) is 164 Å². The van der Waals surface area contributed by atoms with Crippen LogP contribution in [0.1, 0.15) is 47.2 Å². The minimum absolute atomic E-state index is 0.0156. The van der Waals surface area contributed by atoms with Crippen LogP contribution in [0.4, 0.5) is 17.1 Å². The Morgan fingerprint density at radius 3 is 1.87 bits per heavy atom. The van der Waals surface area contributed by atoms with Gasteiger partial charge in [0.25, 0.3) is 0 Å². The molecule has 4 heterocycles. The molecule has 14 rings (SSSR count). The second kappa shape index (κ2) is 9.37. The van der Waals surface area contributed by atoms with E-state index in [9.17, 15) is 0 Å². The zero-order valence-corrected chi connectivity index (χ0v) is 30.6. The molecule has 3 aliphatic heterocycles. The van der Waals surface area contributed by atoms with Gasteiger partial charge in [0, 0.05) is 44.2 Å². The summed E-state index contributed by atoms with van der Waals surface area (Å²) in [5.74, 6) is 0. The highest BCUT2D eigenvalue weighted by Gasteiger charge is 2.56. The van der Waals surface area contributed by atoms with Crippen LogP contribution in [0.3, 0.4) is 0 Å². The first-order chi connectivity index (χ1) is 27.1. The van der Waals surface area contributed by atoms with Gasteiger partial charge in [-0.05, 0) is 78.5 Å². The van der Waals surface area contributed by atoms with Gasteiger partial charge in [-0.3, -0.25) is 0 Å². The molecular weight excluding hydrogens is 663 g/mol. The van der Waals surface area contributed by atoms with Crippen molar-refractivity contribution < 1.29 is 0 Å². The van der Waals surface area contributed by atoms with Crippen LogP contribution in [-0.2, 0) is 10.8 Å². The second-order valence-electron chi connectivity index (χ2n) is 16.7. The molecule has 2 aliphatic carbocycles. The lowest BCUT2D eigenvalue weighted by Crippen LogP contribution is -2.58. The third-order valence-electron chi connectivity index (χ3n) is 14.1. The number of hydrogen-bond acceptors (Lipinski definition) is 1. The Kier molecular flexibility index (Phi) is 4.92. The van der Waals surface area contributed by atoms with Crippen molar-refractivity contribution in [2.45, 2.75) is 24.7 Å². The van der Waals surface area contributed by atoms with E-state index in [0.717, 1.165) is 0 Å². The molecule has 3 heteroatoms. The Labute approximate surface area is 320 Å². The molecule has 0 saturated heterocycles. The smallest absolute Gasteiger partial charge is 0.333 e. The Morgan fingerprint density at radius 2 is 1.07 bits per heavy atom. The molecule has 5 aliphatic rings. The molecule has 0 fully saturated rings. The van der Waals surface area contributed by atoms with E-state index < -0.39 is 5.41 Å². The van der Waals surface area contributed by atoms with Gasteiger partial charge in [0.05, 0.1) is 16.8 Å². The molecule has 0 N–H and O–H groups in total. The van der Waals surface area contributed by atoms with E-state index >= 15 is 0 Å². The molecule has 9 aromatic rings. The minimum atomic E-state index is -0.467. The summed E-state index contributed by atoms with van der Waals surface area (Å²) in [7, 11) is 0. The van der Waals surface area contributed by atoms with Crippen LogP contribution in [0.5, 0.6) is 0 Å². The molecule has 0 unspecified atom stereocenters. The van der Waals surface area contributed by atoms with E-state index in [0.29, 0.717) is 0 Å². The standard InChI is InChI=1S/C52H33BN2/c1-51(2)38-22-8-7-19-35(38)48-45(51)36-21-13-20-34-37-29-30-15-3-4-16-31(30)49-46(37)53(55(48)47(34)36)43-27-14-26-42-50(43)54(49)44-28-12-11-25-41(44)52(42)39-23-9-5-17-32(39)33-18-6-10-24-40(33)52/h3-29H,1-2H3. The number of benzene rings is 8. The van der Waals surface area contributed by atoms with Crippen molar-refractivity contribution in [2.75, 3.05) is 4.90 Å². The highest BCUT2D eigenvalue weighted by atomic mass is 15.2. The molecule has 55 heavy (non-hydrogen) atoms. The topological polar surface area (TPSA) is 8.17 Å². The van der Waals surface area contributed by atoms with Crippen molar-refractivity contribution in [1.82, 2.24) is 4.48 Å². The lowest BCUT2D eigenvalue weighted by Gasteiger charge is -2.50. The molecule has 1 spiro atoms. The lowest BCUT2D eigenvalue weighted by molar-refractivity contribution is 0.666. The fourth-order valence-electron chi connectivity index (χ4n) is 12.2. The molecule has 0 bridgehead atoms. The van der Waals surface area contributed by atoms with Gasteiger partial charge in [0.15, 0.2) is 0 Å². The van der Waals surface area contributed by atoms with E-state index in [1.54, 1.807) is 0 Å². The van der Waals surface area contributed by atoms with Gasteiger partial charge in [-0.2, -0.15) is 0 Å². The summed E-state index contributed by atoms with van der Waals surface area (Å²) in [6.45, 7) is 4.85. The largest absolute Gasteiger partial charge is 0.375 e. The summed E-state index contributed by atoms with van der Waals surface area (Å²) in [6.07, 6.45) is 0. The maximum absolute atomic E-state index is 2.78. The van der Waals surface area contributed by atoms with Crippen LogP contribution in [0.25, 0.3) is 55.2 Å². The van der Waals surface area contributed by atoms with Gasteiger partial charge in [0.2, 0.25) is 0 Å². The molecule has 0 radical (unpaired) electrons. The molecule has 2 nitrogen and oxygen atoms in total. The monoisotopic (exact) mass is 696 g/mol. The molecule has 0 saturated carbocycles. The van der Waals surface area contributed by atoms with Crippen molar-refractivity contribution in [3.05, 3.63) is 197 Å². The van der Waals surface area contributed by atoms with Crippen molar-refractivity contribution in [3.8, 4) is 33.5 Å². The van der Waals surface area contributed by atoms with Crippen molar-refractivity contribution in [2.24, 2.45) is 0 Å². The number of fused-ring (bicyclic) bond motifs is 20. The van der Waals surface area contributed by atoms with Gasteiger partial charge in [0.1, 0.15) is 0 Å². The highest BCUT2D eigenvalue weighted by Crippen LogP contribution is 2.64. The second-order valence-corrected chi connectivity index (χ2v) is 16.7. The Hall–Kier alpha value is -6.58. The summed E-state index contributed by atoms with van der Waals surface area (Å²) in [4.78, 5) is 2.68. The van der Waals surface area contributed by atoms with Crippen molar-refractivity contribution in [3.63, 3.8) is 0 Å². The first-order valence-corrected chi connectivity index (χ1v) is 19.7. The van der Waals surface area contributed by atoms with E-state index in [4.69, 9.17) is 0 Å². The number of anilines is 3. The van der Waals surface area contributed by atoms with Gasteiger partial charge in [-0.15, -0.1) is 0 Å². The fraction of sp³-hybridized carbons (Fsp3) is 0.0769. The Bertz CT molecular complexity index is 3230. The molecule has 1 aromatic heterocycles. The minimum Gasteiger partial charge on any atom is -0.375 e. The lowest BCUT2D eigenvalue weighted by atomic mass is 9.43. The van der Waals surface area contributed by atoms with Crippen LogP contribution in [0.2, 0.25) is 0 Å². The van der Waals surface area contributed by atoms with Gasteiger partial charge >= 0.3 is 6.85 Å². The third kappa shape index (κ3) is 3.01. The summed E-state index contributed by atoms with van der Waals surface area (Å²) in [5.41, 5.74) is 23.9. The normalized spacial score (nSPS) is 16.0. The average Bonchev–Trinajstić information content (AvgIpc) is 3.82. The number of nitrogens with zero attached hydrogens (tertiary/aromatic N) is 2. The average molecular weight is 697 g/mol. The summed E-state index contributed by atoms with van der Waals surface area (Å²) in [6, 6.07) is 62.7. The number of hydrogen-bond donors (Lipinski definition) is 0. The first-order valence-electron chi connectivity index (χ1n) is 19.7. The van der Waals surface area contributed by atoms with Gasteiger partial charge in [-0.1, -0.05) is 166 Å². The van der Waals surface area contributed by atoms with Crippen molar-refractivity contribution >= 4 is 56.5 Å². The quantitative estimate of drug-likeness (QED) is 0.143. The van der Waals surface area contributed by atoms with Gasteiger partial charge in [-0.25, -0.2) is 0 Å². The molecular formula is C52H33BN2. The number of para-hydroxylation sites is 3. The third-order valence-corrected chi connectivity index (χ3v) is 14.1. The van der Waals surface area contributed by atoms with Crippen LogP contribution in [0, 0.1) is 0 Å². The van der Waals surface area contributed by atoms with Crippen LogP contribution in [-0.4, -0.2) is 11.3 Å². The van der Waals surface area contributed by atoms with Crippen LogP contribution < -0.4 is 15.8 Å². The predicted octanol–water partition coefficient (Wildman–Crippen LogP) is 11.2. The maximum Gasteiger partial charge on any atom is 0.333 e. The van der Waals surface area contributed by atoms with E-state index in [-0.39, 0.29) is 12.3 Å². The zero-order valence-electron chi connectivity index (χ0n) is 30.6. The zero-order chi connectivity index (χ0) is 35.9. The van der Waals surface area contributed by atoms with E-state index in [2.05, 4.69) is 187 Å². The van der Waals surface area contributed by atoms with E-state index in [1.807, 2.05) is 0 Å². The number of rotatable bonds is 0.